The van der Waals surface area contributed by atoms with Gasteiger partial charge in [0.25, 0.3) is 0 Å². The third-order valence-corrected chi connectivity index (χ3v) is 5.28. The van der Waals surface area contributed by atoms with E-state index in [-0.39, 0.29) is 6.03 Å². The van der Waals surface area contributed by atoms with Crippen LogP contribution >= 0.6 is 11.6 Å². The largest absolute Gasteiger partial charge is 0.368 e. The molecule has 0 spiro atoms. The van der Waals surface area contributed by atoms with Crippen molar-refractivity contribution in [1.29, 1.82) is 0 Å². The summed E-state index contributed by atoms with van der Waals surface area (Å²) in [6.45, 7) is 8.14. The fraction of sp³-hybridized carbons (Fsp3) is 0.381. The van der Waals surface area contributed by atoms with Gasteiger partial charge in [-0.2, -0.15) is 0 Å². The van der Waals surface area contributed by atoms with E-state index < -0.39 is 0 Å². The monoisotopic (exact) mass is 371 g/mol. The average molecular weight is 372 g/mol. The fourth-order valence-electron chi connectivity index (χ4n) is 3.17. The molecule has 0 aliphatic carbocycles. The predicted octanol–water partition coefficient (Wildman–Crippen LogP) is 4.03. The first-order valence-electron chi connectivity index (χ1n) is 9.12. The Hall–Kier alpha value is -2.20. The van der Waals surface area contributed by atoms with Gasteiger partial charge in [-0.1, -0.05) is 29.8 Å². The van der Waals surface area contributed by atoms with Crippen molar-refractivity contribution in [2.45, 2.75) is 20.3 Å². The molecule has 3 rings (SSSR count). The van der Waals surface area contributed by atoms with Gasteiger partial charge in [-0.3, -0.25) is 0 Å². The summed E-state index contributed by atoms with van der Waals surface area (Å²) in [4.78, 5) is 16.6. The van der Waals surface area contributed by atoms with E-state index in [4.69, 9.17) is 11.6 Å². The van der Waals surface area contributed by atoms with Gasteiger partial charge in [0.05, 0.1) is 0 Å². The standard InChI is InChI=1S/C21H26ClN3O/c1-16-3-8-20(15-17(16)2)24-11-13-25(14-12-24)21(26)23-10-9-18-4-6-19(22)7-5-18/h3-8,15H,9-14H2,1-2H3,(H,23,26). The number of rotatable bonds is 4. The molecule has 0 atom stereocenters. The van der Waals surface area contributed by atoms with Crippen molar-refractivity contribution in [3.63, 3.8) is 0 Å². The highest BCUT2D eigenvalue weighted by molar-refractivity contribution is 6.30. The van der Waals surface area contributed by atoms with Gasteiger partial charge in [0.2, 0.25) is 0 Å². The number of halogens is 1. The SMILES string of the molecule is Cc1ccc(N2CCN(C(=O)NCCc3ccc(Cl)cc3)CC2)cc1C. The second-order valence-corrected chi connectivity index (χ2v) is 7.29. The second kappa shape index (κ2) is 8.45. The van der Waals surface area contributed by atoms with Crippen LogP contribution in [0.4, 0.5) is 10.5 Å². The lowest BCUT2D eigenvalue weighted by molar-refractivity contribution is 0.194. The van der Waals surface area contributed by atoms with Crippen LogP contribution in [-0.4, -0.2) is 43.7 Å². The number of urea groups is 1. The summed E-state index contributed by atoms with van der Waals surface area (Å²) in [5, 5.41) is 3.76. The summed E-state index contributed by atoms with van der Waals surface area (Å²) >= 11 is 5.89. The molecule has 1 heterocycles. The minimum absolute atomic E-state index is 0.0266. The third kappa shape index (κ3) is 4.70. The van der Waals surface area contributed by atoms with E-state index in [1.54, 1.807) is 0 Å². The molecule has 1 aliphatic heterocycles. The van der Waals surface area contributed by atoms with Gasteiger partial charge in [-0.25, -0.2) is 4.79 Å². The van der Waals surface area contributed by atoms with E-state index in [1.165, 1.54) is 22.4 Å². The Morgan fingerprint density at radius 3 is 2.35 bits per heavy atom. The average Bonchev–Trinajstić information content (AvgIpc) is 2.65. The normalized spacial score (nSPS) is 14.4. The molecule has 5 heteroatoms. The summed E-state index contributed by atoms with van der Waals surface area (Å²) in [6, 6.07) is 14.4. The number of carbonyl (C=O) groups is 1. The van der Waals surface area contributed by atoms with Gasteiger partial charge < -0.3 is 15.1 Å². The molecular weight excluding hydrogens is 346 g/mol. The zero-order valence-electron chi connectivity index (χ0n) is 15.5. The van der Waals surface area contributed by atoms with E-state index in [0.29, 0.717) is 6.54 Å². The molecule has 0 saturated carbocycles. The summed E-state index contributed by atoms with van der Waals surface area (Å²) in [5.74, 6) is 0. The summed E-state index contributed by atoms with van der Waals surface area (Å²) in [6.07, 6.45) is 0.811. The first kappa shape index (κ1) is 18.6. The highest BCUT2D eigenvalue weighted by Crippen LogP contribution is 2.20. The van der Waals surface area contributed by atoms with Crippen LogP contribution in [0.3, 0.4) is 0 Å². The van der Waals surface area contributed by atoms with Crippen molar-refractivity contribution in [2.75, 3.05) is 37.6 Å². The number of anilines is 1. The maximum absolute atomic E-state index is 12.4. The highest BCUT2D eigenvalue weighted by Gasteiger charge is 2.21. The number of hydrogen-bond donors (Lipinski definition) is 1. The molecule has 2 aromatic carbocycles. The van der Waals surface area contributed by atoms with Crippen molar-refractivity contribution in [1.82, 2.24) is 10.2 Å². The lowest BCUT2D eigenvalue weighted by Gasteiger charge is -2.36. The smallest absolute Gasteiger partial charge is 0.317 e. The first-order valence-corrected chi connectivity index (χ1v) is 9.50. The molecule has 1 saturated heterocycles. The predicted molar refractivity (Wildman–Crippen MR) is 108 cm³/mol. The summed E-state index contributed by atoms with van der Waals surface area (Å²) < 4.78 is 0. The van der Waals surface area contributed by atoms with E-state index in [9.17, 15) is 4.79 Å². The van der Waals surface area contributed by atoms with Crippen LogP contribution in [0.25, 0.3) is 0 Å². The van der Waals surface area contributed by atoms with Crippen LogP contribution in [0.15, 0.2) is 42.5 Å². The van der Waals surface area contributed by atoms with Gasteiger partial charge in [-0.05, 0) is 61.2 Å². The van der Waals surface area contributed by atoms with E-state index in [2.05, 4.69) is 42.3 Å². The number of benzene rings is 2. The Morgan fingerprint density at radius 2 is 1.69 bits per heavy atom. The molecule has 1 N–H and O–H groups in total. The van der Waals surface area contributed by atoms with E-state index >= 15 is 0 Å². The Labute approximate surface area is 160 Å². The van der Waals surface area contributed by atoms with Crippen molar-refractivity contribution < 1.29 is 4.79 Å². The Balaban J connectivity index is 1.44. The van der Waals surface area contributed by atoms with E-state index in [0.717, 1.165) is 37.6 Å². The van der Waals surface area contributed by atoms with Crippen LogP contribution < -0.4 is 10.2 Å². The van der Waals surface area contributed by atoms with Gasteiger partial charge in [0.1, 0.15) is 0 Å². The fourth-order valence-corrected chi connectivity index (χ4v) is 3.29. The first-order chi connectivity index (χ1) is 12.5. The second-order valence-electron chi connectivity index (χ2n) is 6.85. The van der Waals surface area contributed by atoms with Gasteiger partial charge >= 0.3 is 6.03 Å². The van der Waals surface area contributed by atoms with Gasteiger partial charge in [-0.15, -0.1) is 0 Å². The zero-order chi connectivity index (χ0) is 18.5. The molecule has 2 aromatic rings. The van der Waals surface area contributed by atoms with Crippen molar-refractivity contribution in [3.8, 4) is 0 Å². The number of carbonyl (C=O) groups excluding carboxylic acids is 1. The van der Waals surface area contributed by atoms with Crippen molar-refractivity contribution in [2.24, 2.45) is 0 Å². The molecule has 4 nitrogen and oxygen atoms in total. The molecule has 26 heavy (non-hydrogen) atoms. The van der Waals surface area contributed by atoms with Crippen LogP contribution in [0.1, 0.15) is 16.7 Å². The molecule has 0 unspecified atom stereocenters. The topological polar surface area (TPSA) is 35.6 Å². The zero-order valence-corrected chi connectivity index (χ0v) is 16.2. The molecule has 2 amide bonds. The minimum atomic E-state index is 0.0266. The van der Waals surface area contributed by atoms with Crippen LogP contribution in [0.2, 0.25) is 5.02 Å². The molecule has 138 valence electrons. The lowest BCUT2D eigenvalue weighted by atomic mass is 10.1. The molecule has 0 bridgehead atoms. The van der Waals surface area contributed by atoms with E-state index in [1.807, 2.05) is 29.2 Å². The lowest BCUT2D eigenvalue weighted by Crippen LogP contribution is -2.52. The number of hydrogen-bond acceptors (Lipinski definition) is 2. The van der Waals surface area contributed by atoms with Crippen molar-refractivity contribution >= 4 is 23.3 Å². The Bertz CT molecular complexity index is 752. The van der Waals surface area contributed by atoms with Crippen LogP contribution in [-0.2, 0) is 6.42 Å². The maximum atomic E-state index is 12.4. The molecule has 1 fully saturated rings. The summed E-state index contributed by atoms with van der Waals surface area (Å²) in [7, 11) is 0. The number of nitrogens with one attached hydrogen (secondary N) is 1. The van der Waals surface area contributed by atoms with Crippen molar-refractivity contribution in [3.05, 3.63) is 64.2 Å². The molecule has 1 aliphatic rings. The Kier molecular flexibility index (Phi) is 6.04. The van der Waals surface area contributed by atoms with Crippen LogP contribution in [0.5, 0.6) is 0 Å². The molecular formula is C21H26ClN3O. The highest BCUT2D eigenvalue weighted by atomic mass is 35.5. The molecule has 0 aromatic heterocycles. The minimum Gasteiger partial charge on any atom is -0.368 e. The number of amides is 2. The van der Waals surface area contributed by atoms with Gasteiger partial charge in [0, 0.05) is 43.4 Å². The number of nitrogens with zero attached hydrogens (tertiary/aromatic N) is 2. The number of aryl methyl sites for hydroxylation is 2. The van der Waals surface area contributed by atoms with Gasteiger partial charge in [0.15, 0.2) is 0 Å². The molecule has 0 radical (unpaired) electrons. The Morgan fingerprint density at radius 1 is 1.00 bits per heavy atom. The summed E-state index contributed by atoms with van der Waals surface area (Å²) in [5.41, 5.74) is 5.04. The van der Waals surface area contributed by atoms with Crippen LogP contribution in [0, 0.1) is 13.8 Å². The number of piperazine rings is 1. The third-order valence-electron chi connectivity index (χ3n) is 5.03. The quantitative estimate of drug-likeness (QED) is 0.880. The maximum Gasteiger partial charge on any atom is 0.317 e.